The molecule has 0 spiro atoms. The van der Waals surface area contributed by atoms with Gasteiger partial charge >= 0.3 is 0 Å². The Morgan fingerprint density at radius 2 is 1.84 bits per heavy atom. The molecule has 0 heterocycles. The van der Waals surface area contributed by atoms with E-state index in [9.17, 15) is 9.59 Å². The predicted molar refractivity (Wildman–Crippen MR) is 77.7 cm³/mol. The van der Waals surface area contributed by atoms with Crippen LogP contribution in [0.5, 0.6) is 0 Å². The molecule has 1 unspecified atom stereocenters. The van der Waals surface area contributed by atoms with Crippen LogP contribution < -0.4 is 5.32 Å². The van der Waals surface area contributed by atoms with Crippen molar-refractivity contribution in [2.75, 3.05) is 0 Å². The summed E-state index contributed by atoms with van der Waals surface area (Å²) >= 11 is 0. The molecule has 3 nitrogen and oxygen atoms in total. The van der Waals surface area contributed by atoms with Gasteiger partial charge in [-0.2, -0.15) is 0 Å². The third-order valence-electron chi connectivity index (χ3n) is 3.57. The lowest BCUT2D eigenvalue weighted by molar-refractivity contribution is -0.140. The maximum atomic E-state index is 11.9. The third kappa shape index (κ3) is 3.91. The van der Waals surface area contributed by atoms with Crippen LogP contribution in [0.15, 0.2) is 36.5 Å². The van der Waals surface area contributed by atoms with E-state index in [2.05, 4.69) is 18.5 Å². The Morgan fingerprint density at radius 1 is 1.32 bits per heavy atom. The molecule has 0 saturated heterocycles. The molecule has 1 N–H and O–H groups in total. The minimum Gasteiger partial charge on any atom is -0.346 e. The second-order valence-corrected chi connectivity index (χ2v) is 5.09. The third-order valence-corrected chi connectivity index (χ3v) is 3.57. The summed E-state index contributed by atoms with van der Waals surface area (Å²) in [6, 6.07) is -0.00808. The van der Waals surface area contributed by atoms with Crippen molar-refractivity contribution in [3.05, 3.63) is 36.5 Å². The molecule has 0 aliphatic heterocycles. The number of allylic oxidation sites excluding steroid dienone is 2. The zero-order chi connectivity index (χ0) is 14.4. The summed E-state index contributed by atoms with van der Waals surface area (Å²) in [5.74, 6) is -0.967. The second kappa shape index (κ2) is 7.07. The first kappa shape index (κ1) is 15.4. The summed E-state index contributed by atoms with van der Waals surface area (Å²) < 4.78 is 0. The topological polar surface area (TPSA) is 46.2 Å². The molecule has 1 rings (SSSR count). The number of nitrogens with one attached hydrogen (secondary N) is 1. The van der Waals surface area contributed by atoms with E-state index < -0.39 is 5.91 Å². The lowest BCUT2D eigenvalue weighted by atomic mass is 10.00. The summed E-state index contributed by atoms with van der Waals surface area (Å²) in [6.07, 6.45) is 6.71. The monoisotopic (exact) mass is 261 g/mol. The smallest absolute Gasteiger partial charge is 0.287 e. The molecule has 1 aliphatic rings. The van der Waals surface area contributed by atoms with Crippen LogP contribution in [0.1, 0.15) is 39.5 Å². The summed E-state index contributed by atoms with van der Waals surface area (Å²) in [7, 11) is 0. The molecule has 0 fully saturated rings. The number of carbonyl (C=O) groups is 2. The quantitative estimate of drug-likeness (QED) is 0.716. The molecule has 0 aromatic rings. The standard InChI is InChI=1S/C16H23NO2/c1-5-8-11(4)15(18)16(19)17-14-9-12(6-2)13(7-3)10-14/h6-7,11,14H,2-3,5,8-10H2,1,4H3,(H,17,19). The molecule has 104 valence electrons. The minimum absolute atomic E-state index is 0.00808. The highest BCUT2D eigenvalue weighted by atomic mass is 16.2. The van der Waals surface area contributed by atoms with E-state index in [1.165, 1.54) is 0 Å². The summed E-state index contributed by atoms with van der Waals surface area (Å²) in [4.78, 5) is 23.7. The van der Waals surface area contributed by atoms with Crippen molar-refractivity contribution in [1.82, 2.24) is 5.32 Å². The zero-order valence-electron chi connectivity index (χ0n) is 11.9. The van der Waals surface area contributed by atoms with Crippen LogP contribution in [-0.4, -0.2) is 17.7 Å². The first-order chi connectivity index (χ1) is 9.03. The maximum absolute atomic E-state index is 11.9. The number of carbonyl (C=O) groups excluding carboxylic acids is 2. The van der Waals surface area contributed by atoms with E-state index in [-0.39, 0.29) is 17.7 Å². The molecule has 0 bridgehead atoms. The van der Waals surface area contributed by atoms with Crippen molar-refractivity contribution in [3.63, 3.8) is 0 Å². The van der Waals surface area contributed by atoms with Gasteiger partial charge in [-0.15, -0.1) is 0 Å². The first-order valence-corrected chi connectivity index (χ1v) is 6.85. The summed E-state index contributed by atoms with van der Waals surface area (Å²) in [5, 5.41) is 2.82. The van der Waals surface area contributed by atoms with E-state index in [0.717, 1.165) is 36.8 Å². The molecule has 0 radical (unpaired) electrons. The van der Waals surface area contributed by atoms with E-state index in [1.807, 2.05) is 13.8 Å². The Morgan fingerprint density at radius 3 is 2.26 bits per heavy atom. The van der Waals surface area contributed by atoms with E-state index in [0.29, 0.717) is 0 Å². The van der Waals surface area contributed by atoms with Crippen LogP contribution in [0.4, 0.5) is 0 Å². The molecule has 0 aromatic carbocycles. The molecule has 0 saturated carbocycles. The molecular weight excluding hydrogens is 238 g/mol. The average molecular weight is 261 g/mol. The van der Waals surface area contributed by atoms with Crippen molar-refractivity contribution >= 4 is 11.7 Å². The van der Waals surface area contributed by atoms with Gasteiger partial charge in [-0.1, -0.05) is 45.6 Å². The highest BCUT2D eigenvalue weighted by molar-refractivity contribution is 6.36. The van der Waals surface area contributed by atoms with Gasteiger partial charge in [0.1, 0.15) is 0 Å². The van der Waals surface area contributed by atoms with E-state index in [1.54, 1.807) is 12.2 Å². The number of rotatable bonds is 7. The lowest BCUT2D eigenvalue weighted by Gasteiger charge is -2.14. The Balaban J connectivity index is 2.54. The molecule has 0 aromatic heterocycles. The van der Waals surface area contributed by atoms with Gasteiger partial charge in [0.2, 0.25) is 5.78 Å². The Kier molecular flexibility index (Phi) is 5.74. The zero-order valence-corrected chi connectivity index (χ0v) is 11.9. The highest BCUT2D eigenvalue weighted by Crippen LogP contribution is 2.27. The highest BCUT2D eigenvalue weighted by Gasteiger charge is 2.26. The summed E-state index contributed by atoms with van der Waals surface area (Å²) in [6.45, 7) is 11.3. The fourth-order valence-corrected chi connectivity index (χ4v) is 2.44. The van der Waals surface area contributed by atoms with Gasteiger partial charge in [0.25, 0.3) is 5.91 Å². The molecule has 3 heteroatoms. The molecule has 19 heavy (non-hydrogen) atoms. The molecule has 1 amide bonds. The molecule has 1 atom stereocenters. The fraction of sp³-hybridized carbons (Fsp3) is 0.500. The lowest BCUT2D eigenvalue weighted by Crippen LogP contribution is -2.40. The Hall–Kier alpha value is -1.64. The Labute approximate surface area is 115 Å². The average Bonchev–Trinajstić information content (AvgIpc) is 2.80. The van der Waals surface area contributed by atoms with Crippen LogP contribution in [0.2, 0.25) is 0 Å². The van der Waals surface area contributed by atoms with Gasteiger partial charge in [-0.3, -0.25) is 9.59 Å². The normalized spacial score (nSPS) is 17.2. The van der Waals surface area contributed by atoms with Gasteiger partial charge in [-0.25, -0.2) is 0 Å². The van der Waals surface area contributed by atoms with Crippen LogP contribution in [0.3, 0.4) is 0 Å². The van der Waals surface area contributed by atoms with Crippen molar-refractivity contribution in [2.45, 2.75) is 45.6 Å². The molecule has 1 aliphatic carbocycles. The minimum atomic E-state index is -0.459. The van der Waals surface area contributed by atoms with Crippen molar-refractivity contribution in [3.8, 4) is 0 Å². The van der Waals surface area contributed by atoms with Crippen molar-refractivity contribution in [1.29, 1.82) is 0 Å². The van der Waals surface area contributed by atoms with Crippen LogP contribution in [0, 0.1) is 5.92 Å². The second-order valence-electron chi connectivity index (χ2n) is 5.09. The number of hydrogen-bond acceptors (Lipinski definition) is 2. The van der Waals surface area contributed by atoms with E-state index in [4.69, 9.17) is 0 Å². The number of amides is 1. The van der Waals surface area contributed by atoms with Gasteiger partial charge in [-0.05, 0) is 30.4 Å². The first-order valence-electron chi connectivity index (χ1n) is 6.85. The van der Waals surface area contributed by atoms with Crippen molar-refractivity contribution < 1.29 is 9.59 Å². The maximum Gasteiger partial charge on any atom is 0.287 e. The predicted octanol–water partition coefficient (Wildman–Crippen LogP) is 2.94. The largest absolute Gasteiger partial charge is 0.346 e. The van der Waals surface area contributed by atoms with Crippen LogP contribution in [0.25, 0.3) is 0 Å². The Bertz CT molecular complexity index is 400. The number of hydrogen-bond donors (Lipinski definition) is 1. The number of ketones is 1. The van der Waals surface area contributed by atoms with Gasteiger partial charge in [0, 0.05) is 12.0 Å². The van der Waals surface area contributed by atoms with Gasteiger partial charge in [0.05, 0.1) is 0 Å². The van der Waals surface area contributed by atoms with Gasteiger partial charge < -0.3 is 5.32 Å². The summed E-state index contributed by atoms with van der Waals surface area (Å²) in [5.41, 5.74) is 2.21. The fourth-order valence-electron chi connectivity index (χ4n) is 2.44. The molecular formula is C16H23NO2. The SMILES string of the molecule is C=CC1=C(C=C)CC(NC(=O)C(=O)C(C)CCC)C1. The van der Waals surface area contributed by atoms with Crippen LogP contribution in [-0.2, 0) is 9.59 Å². The van der Waals surface area contributed by atoms with Crippen molar-refractivity contribution in [2.24, 2.45) is 5.92 Å². The number of Topliss-reactive ketones (excluding diaryl/α,β-unsaturated/α-hetero) is 1. The van der Waals surface area contributed by atoms with Gasteiger partial charge in [0.15, 0.2) is 0 Å². The van der Waals surface area contributed by atoms with E-state index >= 15 is 0 Å². The van der Waals surface area contributed by atoms with Crippen LogP contribution >= 0.6 is 0 Å².